The molecule has 0 bridgehead atoms. The lowest BCUT2D eigenvalue weighted by molar-refractivity contribution is 0.774. The van der Waals surface area contributed by atoms with Gasteiger partial charge in [-0.3, -0.25) is 0 Å². The summed E-state index contributed by atoms with van der Waals surface area (Å²) in [5, 5.41) is 7.83. The minimum Gasteiger partial charge on any atom is -0.339 e. The molecule has 17 heavy (non-hydrogen) atoms. The highest BCUT2D eigenvalue weighted by atomic mass is 35.5. The van der Waals surface area contributed by atoms with Crippen molar-refractivity contribution >= 4 is 34.4 Å². The van der Waals surface area contributed by atoms with Crippen molar-refractivity contribution in [3.8, 4) is 0 Å². The predicted molar refractivity (Wildman–Crippen MR) is 73.5 cm³/mol. The number of halogens is 1. The summed E-state index contributed by atoms with van der Waals surface area (Å²) in [6.07, 6.45) is 0. The van der Waals surface area contributed by atoms with Crippen LogP contribution in [0, 0.1) is 6.92 Å². The Kier molecular flexibility index (Phi) is 3.64. The molecule has 2 aromatic heterocycles. The van der Waals surface area contributed by atoms with E-state index in [-0.39, 0.29) is 5.92 Å². The molecule has 2 heterocycles. The van der Waals surface area contributed by atoms with Crippen LogP contribution in [0.25, 0.3) is 0 Å². The molecule has 0 aliphatic heterocycles. The van der Waals surface area contributed by atoms with Crippen LogP contribution in [0.4, 0.5) is 11.5 Å². The van der Waals surface area contributed by atoms with E-state index in [1.165, 1.54) is 0 Å². The van der Waals surface area contributed by atoms with Crippen molar-refractivity contribution in [2.75, 3.05) is 5.32 Å². The lowest BCUT2D eigenvalue weighted by Crippen LogP contribution is -2.04. The molecule has 0 atom stereocenters. The molecule has 90 valence electrons. The Bertz CT molecular complexity index is 509. The van der Waals surface area contributed by atoms with Crippen molar-refractivity contribution in [1.82, 2.24) is 9.97 Å². The molecule has 2 rings (SSSR count). The van der Waals surface area contributed by atoms with Gasteiger partial charge in [-0.15, -0.1) is 0 Å². The summed E-state index contributed by atoms with van der Waals surface area (Å²) in [4.78, 5) is 8.78. The van der Waals surface area contributed by atoms with Crippen LogP contribution in [0.5, 0.6) is 0 Å². The molecule has 0 aromatic carbocycles. The van der Waals surface area contributed by atoms with E-state index in [0.717, 1.165) is 22.9 Å². The second kappa shape index (κ2) is 5.02. The number of anilines is 2. The molecule has 0 radical (unpaired) electrons. The smallest absolute Gasteiger partial charge is 0.138 e. The lowest BCUT2D eigenvalue weighted by atomic mass is 10.2. The van der Waals surface area contributed by atoms with Crippen molar-refractivity contribution < 1.29 is 0 Å². The first-order valence-electron chi connectivity index (χ1n) is 5.41. The number of rotatable bonds is 3. The minimum atomic E-state index is 0.260. The van der Waals surface area contributed by atoms with Gasteiger partial charge in [0.15, 0.2) is 0 Å². The highest BCUT2D eigenvalue weighted by Gasteiger charge is 2.11. The van der Waals surface area contributed by atoms with Crippen LogP contribution in [0.2, 0.25) is 5.15 Å². The molecule has 2 aromatic rings. The monoisotopic (exact) mass is 267 g/mol. The Labute approximate surface area is 110 Å². The summed E-state index contributed by atoms with van der Waals surface area (Å²) in [6.45, 7) is 6.02. The summed E-state index contributed by atoms with van der Waals surface area (Å²) in [6, 6.07) is 2.01. The van der Waals surface area contributed by atoms with Crippen molar-refractivity contribution in [2.24, 2.45) is 0 Å². The van der Waals surface area contributed by atoms with Gasteiger partial charge in [-0.25, -0.2) is 9.97 Å². The molecule has 3 nitrogen and oxygen atoms in total. The molecule has 1 N–H and O–H groups in total. The summed E-state index contributed by atoms with van der Waals surface area (Å²) in [5.41, 5.74) is 1.91. The first-order valence-corrected chi connectivity index (χ1v) is 6.73. The summed E-state index contributed by atoms with van der Waals surface area (Å²) in [5.74, 6) is 1.81. The average molecular weight is 268 g/mol. The van der Waals surface area contributed by atoms with E-state index >= 15 is 0 Å². The number of nitrogens with zero attached hydrogens (tertiary/aromatic N) is 2. The second-order valence-corrected chi connectivity index (χ2v) is 5.28. The first-order chi connectivity index (χ1) is 8.08. The minimum absolute atomic E-state index is 0.260. The van der Waals surface area contributed by atoms with E-state index in [4.69, 9.17) is 11.6 Å². The van der Waals surface area contributed by atoms with E-state index in [2.05, 4.69) is 29.1 Å². The zero-order chi connectivity index (χ0) is 12.4. The normalized spacial score (nSPS) is 10.9. The van der Waals surface area contributed by atoms with E-state index in [9.17, 15) is 0 Å². The Morgan fingerprint density at radius 2 is 2.12 bits per heavy atom. The van der Waals surface area contributed by atoms with Crippen molar-refractivity contribution in [2.45, 2.75) is 26.7 Å². The molecule has 0 fully saturated rings. The first kappa shape index (κ1) is 12.3. The number of thiophene rings is 1. The third-order valence-corrected chi connectivity index (χ3v) is 3.46. The molecule has 5 heteroatoms. The van der Waals surface area contributed by atoms with Crippen molar-refractivity contribution in [3.63, 3.8) is 0 Å². The third-order valence-electron chi connectivity index (χ3n) is 2.40. The van der Waals surface area contributed by atoms with E-state index in [1.54, 1.807) is 11.3 Å². The summed E-state index contributed by atoms with van der Waals surface area (Å²) < 4.78 is 0. The van der Waals surface area contributed by atoms with Crippen LogP contribution < -0.4 is 5.32 Å². The number of hydrogen-bond donors (Lipinski definition) is 1. The van der Waals surface area contributed by atoms with Crippen LogP contribution in [-0.2, 0) is 0 Å². The average Bonchev–Trinajstić information content (AvgIpc) is 2.77. The molecule has 0 spiro atoms. The molecular weight excluding hydrogens is 254 g/mol. The fourth-order valence-electron chi connectivity index (χ4n) is 1.36. The van der Waals surface area contributed by atoms with Gasteiger partial charge in [0.25, 0.3) is 0 Å². The van der Waals surface area contributed by atoms with Gasteiger partial charge >= 0.3 is 0 Å². The van der Waals surface area contributed by atoms with Gasteiger partial charge in [0, 0.05) is 16.9 Å². The zero-order valence-electron chi connectivity index (χ0n) is 9.99. The van der Waals surface area contributed by atoms with E-state index in [1.807, 2.05) is 23.8 Å². The van der Waals surface area contributed by atoms with Crippen LogP contribution in [0.15, 0.2) is 16.8 Å². The van der Waals surface area contributed by atoms with Crippen molar-refractivity contribution in [1.29, 1.82) is 0 Å². The summed E-state index contributed by atoms with van der Waals surface area (Å²) in [7, 11) is 0. The molecule has 0 amide bonds. The van der Waals surface area contributed by atoms with Crippen LogP contribution in [0.3, 0.4) is 0 Å². The number of hydrogen-bond acceptors (Lipinski definition) is 4. The van der Waals surface area contributed by atoms with Gasteiger partial charge < -0.3 is 5.32 Å². The van der Waals surface area contributed by atoms with Gasteiger partial charge in [0.1, 0.15) is 16.8 Å². The maximum Gasteiger partial charge on any atom is 0.138 e. The largest absolute Gasteiger partial charge is 0.339 e. The second-order valence-electron chi connectivity index (χ2n) is 4.14. The van der Waals surface area contributed by atoms with E-state index < -0.39 is 0 Å². The number of aromatic nitrogens is 2. The summed E-state index contributed by atoms with van der Waals surface area (Å²) >= 11 is 7.76. The van der Waals surface area contributed by atoms with Gasteiger partial charge in [0.2, 0.25) is 0 Å². The van der Waals surface area contributed by atoms with Crippen molar-refractivity contribution in [3.05, 3.63) is 33.4 Å². The topological polar surface area (TPSA) is 37.8 Å². The fraction of sp³-hybridized carbons (Fsp3) is 0.333. The van der Waals surface area contributed by atoms with Crippen LogP contribution >= 0.6 is 22.9 Å². The standard InChI is InChI=1S/C12H14ClN3S/c1-7(2)11-15-10(13)8(3)12(16-11)14-9-4-5-17-6-9/h4-7H,1-3H3,(H,14,15,16). The molecule has 0 aliphatic rings. The van der Waals surface area contributed by atoms with Gasteiger partial charge in [0.05, 0.1) is 5.69 Å². The quantitative estimate of drug-likeness (QED) is 0.840. The Hall–Kier alpha value is -1.13. The maximum absolute atomic E-state index is 6.11. The third kappa shape index (κ3) is 2.76. The molecule has 0 saturated heterocycles. The molecule has 0 aliphatic carbocycles. The SMILES string of the molecule is Cc1c(Cl)nc(C(C)C)nc1Nc1ccsc1. The van der Waals surface area contributed by atoms with Gasteiger partial charge in [-0.05, 0) is 18.4 Å². The molecule has 0 saturated carbocycles. The highest BCUT2D eigenvalue weighted by Crippen LogP contribution is 2.26. The van der Waals surface area contributed by atoms with Gasteiger partial charge in [-0.2, -0.15) is 11.3 Å². The molecular formula is C12H14ClN3S. The lowest BCUT2D eigenvalue weighted by Gasteiger charge is -2.11. The maximum atomic E-state index is 6.11. The Morgan fingerprint density at radius 1 is 1.35 bits per heavy atom. The van der Waals surface area contributed by atoms with Crippen LogP contribution in [-0.4, -0.2) is 9.97 Å². The fourth-order valence-corrected chi connectivity index (χ4v) is 2.12. The van der Waals surface area contributed by atoms with Gasteiger partial charge in [-0.1, -0.05) is 25.4 Å². The zero-order valence-corrected chi connectivity index (χ0v) is 11.6. The Morgan fingerprint density at radius 3 is 2.71 bits per heavy atom. The molecule has 0 unspecified atom stereocenters. The highest BCUT2D eigenvalue weighted by molar-refractivity contribution is 7.08. The number of nitrogens with one attached hydrogen (secondary N) is 1. The van der Waals surface area contributed by atoms with E-state index in [0.29, 0.717) is 5.15 Å². The van der Waals surface area contributed by atoms with Crippen LogP contribution in [0.1, 0.15) is 31.2 Å². The predicted octanol–water partition coefficient (Wildman–Crippen LogP) is 4.37. The Balaban J connectivity index is 2.38.